The van der Waals surface area contributed by atoms with Gasteiger partial charge in [0.05, 0.1) is 15.8 Å². The molecule has 0 atom stereocenters. The molecule has 0 aliphatic rings. The van der Waals surface area contributed by atoms with Gasteiger partial charge in [-0.05, 0) is 23.6 Å². The predicted octanol–water partition coefficient (Wildman–Crippen LogP) is 4.55. The number of pyridine rings is 1. The van der Waals surface area contributed by atoms with Crippen LogP contribution in [0.5, 0.6) is 0 Å². The average Bonchev–Trinajstić information content (AvgIpc) is 2.93. The largest absolute Gasteiger partial charge is 0.417 e. The van der Waals surface area contributed by atoms with Crippen LogP contribution in [0, 0.1) is 0 Å². The number of alkyl halides is 3. The third-order valence-corrected chi connectivity index (χ3v) is 3.90. The van der Waals surface area contributed by atoms with Gasteiger partial charge in [-0.2, -0.15) is 13.2 Å². The van der Waals surface area contributed by atoms with Crippen molar-refractivity contribution in [2.45, 2.75) is 6.18 Å². The van der Waals surface area contributed by atoms with E-state index in [1.165, 1.54) is 35.7 Å². The summed E-state index contributed by atoms with van der Waals surface area (Å²) in [6.07, 6.45) is -3.25. The second-order valence-electron chi connectivity index (χ2n) is 4.40. The van der Waals surface area contributed by atoms with Gasteiger partial charge < -0.3 is 0 Å². The summed E-state index contributed by atoms with van der Waals surface area (Å²) in [6.45, 7) is 0. The third kappa shape index (κ3) is 2.54. The van der Waals surface area contributed by atoms with Crippen LogP contribution in [0.4, 0.5) is 13.2 Å². The number of hydrogen-bond acceptors (Lipinski definition) is 3. The monoisotopic (exact) mass is 307 g/mol. The minimum absolute atomic E-state index is 0.154. The minimum Gasteiger partial charge on any atom is -0.289 e. The van der Waals surface area contributed by atoms with E-state index in [4.69, 9.17) is 0 Å². The highest BCUT2D eigenvalue weighted by molar-refractivity contribution is 7.17. The number of benzene rings is 1. The van der Waals surface area contributed by atoms with Gasteiger partial charge in [0.15, 0.2) is 5.78 Å². The van der Waals surface area contributed by atoms with E-state index in [-0.39, 0.29) is 11.1 Å². The number of thiophene rings is 1. The molecule has 106 valence electrons. The molecule has 21 heavy (non-hydrogen) atoms. The number of rotatable bonds is 2. The molecular weight excluding hydrogens is 299 g/mol. The smallest absolute Gasteiger partial charge is 0.289 e. The lowest BCUT2D eigenvalue weighted by atomic mass is 9.99. The summed E-state index contributed by atoms with van der Waals surface area (Å²) in [4.78, 5) is 16.4. The Hall–Kier alpha value is -2.21. The lowest BCUT2D eigenvalue weighted by molar-refractivity contribution is -0.137. The molecule has 0 saturated heterocycles. The number of carbonyl (C=O) groups excluding carboxylic acids is 1. The number of nitrogens with zero attached hydrogens (tertiary/aromatic N) is 1. The maximum Gasteiger partial charge on any atom is 0.417 e. The summed E-state index contributed by atoms with van der Waals surface area (Å²) in [6, 6.07) is 8.13. The van der Waals surface area contributed by atoms with Crippen molar-refractivity contribution in [2.75, 3.05) is 0 Å². The van der Waals surface area contributed by atoms with Crippen LogP contribution in [-0.4, -0.2) is 10.8 Å². The maximum atomic E-state index is 13.0. The average molecular weight is 307 g/mol. The van der Waals surface area contributed by atoms with E-state index in [1.54, 1.807) is 12.1 Å². The lowest BCUT2D eigenvalue weighted by Gasteiger charge is -2.11. The van der Waals surface area contributed by atoms with E-state index in [2.05, 4.69) is 4.98 Å². The Morgan fingerprint density at radius 2 is 1.90 bits per heavy atom. The van der Waals surface area contributed by atoms with Crippen molar-refractivity contribution >= 4 is 27.3 Å². The second-order valence-corrected chi connectivity index (χ2v) is 5.35. The number of fused-ring (bicyclic) bond motifs is 1. The van der Waals surface area contributed by atoms with E-state index in [0.29, 0.717) is 0 Å². The number of ketones is 1. The van der Waals surface area contributed by atoms with Crippen molar-refractivity contribution in [3.8, 4) is 0 Å². The first-order valence-electron chi connectivity index (χ1n) is 6.01. The molecule has 0 spiro atoms. The molecule has 1 aromatic carbocycles. The summed E-state index contributed by atoms with van der Waals surface area (Å²) in [5.74, 6) is -0.675. The Balaban J connectivity index is 2.10. The zero-order chi connectivity index (χ0) is 15.0. The molecule has 0 saturated carbocycles. The first-order valence-corrected chi connectivity index (χ1v) is 6.89. The van der Waals surface area contributed by atoms with E-state index in [1.807, 2.05) is 5.38 Å². The Bertz CT molecular complexity index is 823. The summed E-state index contributed by atoms with van der Waals surface area (Å²) in [5.41, 5.74) is -0.411. The molecular formula is C15H8F3NOS. The van der Waals surface area contributed by atoms with Gasteiger partial charge in [0.1, 0.15) is 0 Å². The van der Waals surface area contributed by atoms with Crippen LogP contribution in [0.2, 0.25) is 0 Å². The quantitative estimate of drug-likeness (QED) is 0.650. The van der Waals surface area contributed by atoms with Crippen LogP contribution >= 0.6 is 11.3 Å². The van der Waals surface area contributed by atoms with E-state index in [9.17, 15) is 18.0 Å². The normalized spacial score (nSPS) is 11.8. The van der Waals surface area contributed by atoms with Crippen molar-refractivity contribution in [3.63, 3.8) is 0 Å². The number of carbonyl (C=O) groups is 1. The van der Waals surface area contributed by atoms with Crippen LogP contribution in [0.15, 0.2) is 48.0 Å². The van der Waals surface area contributed by atoms with Gasteiger partial charge in [-0.1, -0.05) is 18.2 Å². The van der Waals surface area contributed by atoms with E-state index >= 15 is 0 Å². The Labute approximate surface area is 121 Å². The molecule has 0 amide bonds. The van der Waals surface area contributed by atoms with Crippen LogP contribution in [0.25, 0.3) is 10.2 Å². The standard InChI is InChI=1S/C15H8F3NOS/c16-15(17,18)11-4-2-1-3-10(11)14(20)9-7-13-12(19-8-9)5-6-21-13/h1-8H. The van der Waals surface area contributed by atoms with Gasteiger partial charge in [-0.3, -0.25) is 9.78 Å². The van der Waals surface area contributed by atoms with Crippen molar-refractivity contribution in [2.24, 2.45) is 0 Å². The van der Waals surface area contributed by atoms with Gasteiger partial charge in [0, 0.05) is 17.3 Å². The SMILES string of the molecule is O=C(c1cnc2ccsc2c1)c1ccccc1C(F)(F)F. The van der Waals surface area contributed by atoms with Crippen LogP contribution in [0.3, 0.4) is 0 Å². The summed E-state index contributed by atoms with van der Waals surface area (Å²) >= 11 is 1.39. The summed E-state index contributed by atoms with van der Waals surface area (Å²) in [5, 5.41) is 1.82. The van der Waals surface area contributed by atoms with Crippen molar-refractivity contribution in [1.29, 1.82) is 0 Å². The van der Waals surface area contributed by atoms with E-state index < -0.39 is 17.5 Å². The third-order valence-electron chi connectivity index (χ3n) is 3.04. The van der Waals surface area contributed by atoms with E-state index in [0.717, 1.165) is 16.3 Å². The zero-order valence-electron chi connectivity index (χ0n) is 10.5. The Kier molecular flexibility index (Phi) is 3.25. The van der Waals surface area contributed by atoms with Crippen LogP contribution < -0.4 is 0 Å². The molecule has 0 N–H and O–H groups in total. The predicted molar refractivity (Wildman–Crippen MR) is 74.5 cm³/mol. The number of halogens is 3. The molecule has 2 nitrogen and oxygen atoms in total. The van der Waals surface area contributed by atoms with Gasteiger partial charge >= 0.3 is 6.18 Å². The molecule has 0 fully saturated rings. The molecule has 0 aliphatic carbocycles. The molecule has 2 aromatic heterocycles. The van der Waals surface area contributed by atoms with Crippen LogP contribution in [0.1, 0.15) is 21.5 Å². The first kappa shape index (κ1) is 13.8. The second kappa shape index (κ2) is 4.96. The van der Waals surface area contributed by atoms with Crippen molar-refractivity contribution in [1.82, 2.24) is 4.98 Å². The molecule has 0 radical (unpaired) electrons. The van der Waals surface area contributed by atoms with Gasteiger partial charge in [0.25, 0.3) is 0 Å². The molecule has 0 aliphatic heterocycles. The molecule has 3 aromatic rings. The fourth-order valence-electron chi connectivity index (χ4n) is 2.05. The minimum atomic E-state index is -4.56. The van der Waals surface area contributed by atoms with Crippen molar-refractivity contribution < 1.29 is 18.0 Å². The van der Waals surface area contributed by atoms with Crippen LogP contribution in [-0.2, 0) is 6.18 Å². The molecule has 0 unspecified atom stereocenters. The van der Waals surface area contributed by atoms with Gasteiger partial charge in [0.2, 0.25) is 0 Å². The highest BCUT2D eigenvalue weighted by atomic mass is 32.1. The number of aromatic nitrogens is 1. The Morgan fingerprint density at radius 1 is 1.14 bits per heavy atom. The van der Waals surface area contributed by atoms with Gasteiger partial charge in [-0.15, -0.1) is 11.3 Å². The summed E-state index contributed by atoms with van der Waals surface area (Å²) < 4.78 is 39.7. The summed E-state index contributed by atoms with van der Waals surface area (Å²) in [7, 11) is 0. The van der Waals surface area contributed by atoms with Gasteiger partial charge in [-0.25, -0.2) is 0 Å². The molecule has 6 heteroatoms. The number of hydrogen-bond donors (Lipinski definition) is 0. The topological polar surface area (TPSA) is 30.0 Å². The Morgan fingerprint density at radius 3 is 2.67 bits per heavy atom. The highest BCUT2D eigenvalue weighted by Crippen LogP contribution is 2.33. The molecule has 3 rings (SSSR count). The molecule has 2 heterocycles. The van der Waals surface area contributed by atoms with Crippen molar-refractivity contribution in [3.05, 3.63) is 64.7 Å². The first-order chi connectivity index (χ1) is 9.97. The maximum absolute atomic E-state index is 13.0. The fraction of sp³-hybridized carbons (Fsp3) is 0.0667. The fourth-order valence-corrected chi connectivity index (χ4v) is 2.83. The molecule has 0 bridgehead atoms. The highest BCUT2D eigenvalue weighted by Gasteiger charge is 2.35. The lowest BCUT2D eigenvalue weighted by Crippen LogP contribution is -2.13. The zero-order valence-corrected chi connectivity index (χ0v) is 11.3.